The number of allylic oxidation sites excluding steroid dienone is 2. The lowest BCUT2D eigenvalue weighted by molar-refractivity contribution is 0.386. The lowest BCUT2D eigenvalue weighted by atomic mass is 10.0. The molecule has 17 heavy (non-hydrogen) atoms. The smallest absolute Gasteiger partial charge is 0.0886 e. The third kappa shape index (κ3) is 5.55. The van der Waals surface area contributed by atoms with Crippen molar-refractivity contribution in [2.45, 2.75) is 39.0 Å². The van der Waals surface area contributed by atoms with Crippen molar-refractivity contribution in [3.05, 3.63) is 47.2 Å². The highest BCUT2D eigenvalue weighted by Crippen LogP contribution is 2.11. The topological polar surface area (TPSA) is 46.2 Å². The number of benzene rings is 1. The first-order valence-corrected chi connectivity index (χ1v) is 6.42. The Balaban J connectivity index is 2.50. The van der Waals surface area contributed by atoms with Gasteiger partial charge in [-0.3, -0.25) is 0 Å². The van der Waals surface area contributed by atoms with Crippen LogP contribution in [0.5, 0.6) is 0 Å². The fraction of sp³-hybridized carbons (Fsp3) is 0.467. The molecule has 1 rings (SSSR count). The predicted molar refractivity (Wildman–Crippen MR) is 73.1 cm³/mol. The van der Waals surface area contributed by atoms with Crippen LogP contribution in [0.3, 0.4) is 0 Å². The van der Waals surface area contributed by atoms with Gasteiger partial charge in [0.2, 0.25) is 0 Å². The quantitative estimate of drug-likeness (QED) is 0.709. The van der Waals surface area contributed by atoms with E-state index in [-0.39, 0.29) is 0 Å². The second-order valence-corrected chi connectivity index (χ2v) is 4.32. The molecule has 1 aromatic carbocycles. The van der Waals surface area contributed by atoms with E-state index >= 15 is 0 Å². The highest BCUT2D eigenvalue weighted by Gasteiger charge is 1.98. The second kappa shape index (κ2) is 7.91. The molecule has 0 spiro atoms. The Kier molecular flexibility index (Phi) is 6.41. The zero-order valence-corrected chi connectivity index (χ0v) is 10.7. The molecular formula is C15H23NO. The van der Waals surface area contributed by atoms with E-state index in [0.29, 0.717) is 5.76 Å². The van der Waals surface area contributed by atoms with E-state index in [1.54, 1.807) is 0 Å². The van der Waals surface area contributed by atoms with E-state index in [1.807, 2.05) is 13.0 Å². The van der Waals surface area contributed by atoms with Crippen LogP contribution < -0.4 is 5.73 Å². The average molecular weight is 233 g/mol. The summed E-state index contributed by atoms with van der Waals surface area (Å²) in [6.07, 6.45) is 6.47. The summed E-state index contributed by atoms with van der Waals surface area (Å²) in [6, 6.07) is 8.56. The molecule has 94 valence electrons. The molecule has 3 N–H and O–H groups in total. The maximum absolute atomic E-state index is 9.57. The molecule has 0 saturated heterocycles. The maximum atomic E-state index is 9.57. The first kappa shape index (κ1) is 13.8. The average Bonchev–Trinajstić information content (AvgIpc) is 2.35. The Morgan fingerprint density at radius 3 is 2.65 bits per heavy atom. The van der Waals surface area contributed by atoms with Crippen LogP contribution in [0.15, 0.2) is 36.1 Å². The van der Waals surface area contributed by atoms with E-state index < -0.39 is 0 Å². The minimum absolute atomic E-state index is 0.500. The summed E-state index contributed by atoms with van der Waals surface area (Å²) in [5, 5.41) is 9.57. The van der Waals surface area contributed by atoms with Crippen molar-refractivity contribution in [2.75, 3.05) is 6.54 Å². The summed E-state index contributed by atoms with van der Waals surface area (Å²) in [5.41, 5.74) is 8.13. The lowest BCUT2D eigenvalue weighted by Crippen LogP contribution is -2.00. The van der Waals surface area contributed by atoms with Gasteiger partial charge in [-0.1, -0.05) is 31.2 Å². The Morgan fingerprint density at radius 2 is 2.00 bits per heavy atom. The highest BCUT2D eigenvalue weighted by atomic mass is 16.3. The van der Waals surface area contributed by atoms with Crippen LogP contribution in [-0.4, -0.2) is 11.7 Å². The monoisotopic (exact) mass is 233 g/mol. The summed E-state index contributed by atoms with van der Waals surface area (Å²) in [4.78, 5) is 0. The number of aryl methyl sites for hydroxylation is 2. The van der Waals surface area contributed by atoms with Crippen molar-refractivity contribution < 1.29 is 5.11 Å². The Labute approximate surface area is 104 Å². The van der Waals surface area contributed by atoms with Gasteiger partial charge in [0.15, 0.2) is 0 Å². The van der Waals surface area contributed by atoms with Crippen LogP contribution in [0.2, 0.25) is 0 Å². The van der Waals surface area contributed by atoms with Gasteiger partial charge in [-0.05, 0) is 49.4 Å². The molecule has 0 amide bonds. The van der Waals surface area contributed by atoms with Crippen LogP contribution in [-0.2, 0) is 12.8 Å². The van der Waals surface area contributed by atoms with Gasteiger partial charge in [-0.15, -0.1) is 0 Å². The van der Waals surface area contributed by atoms with Crippen molar-refractivity contribution in [2.24, 2.45) is 5.73 Å². The van der Waals surface area contributed by atoms with Gasteiger partial charge in [-0.2, -0.15) is 0 Å². The largest absolute Gasteiger partial charge is 0.513 e. The van der Waals surface area contributed by atoms with Gasteiger partial charge in [0.05, 0.1) is 5.76 Å². The normalized spacial score (nSPS) is 11.8. The number of hydrogen-bond donors (Lipinski definition) is 2. The van der Waals surface area contributed by atoms with Gasteiger partial charge in [0, 0.05) is 6.42 Å². The Hall–Kier alpha value is -1.28. The lowest BCUT2D eigenvalue weighted by Gasteiger charge is -2.05. The molecule has 0 heterocycles. The van der Waals surface area contributed by atoms with Crippen LogP contribution >= 0.6 is 0 Å². The minimum atomic E-state index is 0.500. The Morgan fingerprint density at radius 1 is 1.29 bits per heavy atom. The number of aliphatic hydroxyl groups is 1. The van der Waals surface area contributed by atoms with E-state index in [1.165, 1.54) is 11.1 Å². The molecule has 0 saturated carbocycles. The van der Waals surface area contributed by atoms with Crippen LogP contribution in [0.1, 0.15) is 37.3 Å². The van der Waals surface area contributed by atoms with Crippen molar-refractivity contribution in [3.63, 3.8) is 0 Å². The summed E-state index contributed by atoms with van der Waals surface area (Å²) >= 11 is 0. The summed E-state index contributed by atoms with van der Waals surface area (Å²) in [5.74, 6) is 0.500. The predicted octanol–water partition coefficient (Wildman–Crippen LogP) is 3.36. The number of hydrogen-bond acceptors (Lipinski definition) is 2. The van der Waals surface area contributed by atoms with Crippen molar-refractivity contribution in [1.82, 2.24) is 0 Å². The third-order valence-electron chi connectivity index (χ3n) is 2.77. The molecule has 2 heteroatoms. The molecule has 0 radical (unpaired) electrons. The zero-order chi connectivity index (χ0) is 12.5. The van der Waals surface area contributed by atoms with Crippen LogP contribution in [0.25, 0.3) is 0 Å². The summed E-state index contributed by atoms with van der Waals surface area (Å²) in [6.45, 7) is 2.77. The zero-order valence-electron chi connectivity index (χ0n) is 10.7. The van der Waals surface area contributed by atoms with E-state index in [2.05, 4.69) is 24.3 Å². The minimum Gasteiger partial charge on any atom is -0.513 e. The first-order chi connectivity index (χ1) is 8.26. The van der Waals surface area contributed by atoms with Gasteiger partial charge < -0.3 is 10.8 Å². The Bertz CT molecular complexity index is 358. The van der Waals surface area contributed by atoms with Crippen LogP contribution in [0, 0.1) is 0 Å². The molecular weight excluding hydrogens is 210 g/mol. The molecule has 0 atom stereocenters. The fourth-order valence-electron chi connectivity index (χ4n) is 1.86. The molecule has 0 unspecified atom stereocenters. The van der Waals surface area contributed by atoms with Crippen molar-refractivity contribution >= 4 is 0 Å². The second-order valence-electron chi connectivity index (χ2n) is 4.32. The first-order valence-electron chi connectivity index (χ1n) is 6.42. The highest BCUT2D eigenvalue weighted by molar-refractivity contribution is 5.24. The molecule has 0 aliphatic carbocycles. The van der Waals surface area contributed by atoms with Gasteiger partial charge in [0.1, 0.15) is 0 Å². The summed E-state index contributed by atoms with van der Waals surface area (Å²) < 4.78 is 0. The van der Waals surface area contributed by atoms with E-state index in [4.69, 9.17) is 5.73 Å². The fourth-order valence-corrected chi connectivity index (χ4v) is 1.86. The maximum Gasteiger partial charge on any atom is 0.0886 e. The summed E-state index contributed by atoms with van der Waals surface area (Å²) in [7, 11) is 0. The van der Waals surface area contributed by atoms with Gasteiger partial charge in [0.25, 0.3) is 0 Å². The molecule has 0 aromatic heterocycles. The van der Waals surface area contributed by atoms with E-state index in [0.717, 1.165) is 38.6 Å². The van der Waals surface area contributed by atoms with E-state index in [9.17, 15) is 5.11 Å². The molecule has 0 aliphatic heterocycles. The molecule has 0 aliphatic rings. The van der Waals surface area contributed by atoms with Crippen molar-refractivity contribution in [1.29, 1.82) is 0 Å². The van der Waals surface area contributed by atoms with Crippen molar-refractivity contribution in [3.8, 4) is 0 Å². The molecule has 2 nitrogen and oxygen atoms in total. The SMILES string of the molecule is CC/C=C(\O)CCc1cccc(CCCN)c1. The molecule has 0 bridgehead atoms. The van der Waals surface area contributed by atoms with Crippen LogP contribution in [0.4, 0.5) is 0 Å². The number of rotatable bonds is 7. The standard InChI is InChI=1S/C15H23NO/c1-2-5-15(17)10-9-14-7-3-6-13(12-14)8-4-11-16/h3,5-7,12,17H,2,4,8-11,16H2,1H3/b15-5-. The third-order valence-corrected chi connectivity index (χ3v) is 2.77. The number of nitrogens with two attached hydrogens (primary N) is 1. The molecule has 0 fully saturated rings. The van der Waals surface area contributed by atoms with Gasteiger partial charge >= 0.3 is 0 Å². The number of aliphatic hydroxyl groups excluding tert-OH is 1. The van der Waals surface area contributed by atoms with Gasteiger partial charge in [-0.25, -0.2) is 0 Å². The molecule has 1 aromatic rings.